The molecule has 0 unspecified atom stereocenters. The van der Waals surface area contributed by atoms with Crippen LogP contribution in [0.3, 0.4) is 0 Å². The van der Waals surface area contributed by atoms with Gasteiger partial charge in [-0.15, -0.1) is 0 Å². The number of nitrogens with one attached hydrogen (secondary N) is 2. The van der Waals surface area contributed by atoms with Crippen LogP contribution in [0.15, 0.2) is 18.2 Å². The average molecular weight is 289 g/mol. The Kier molecular flexibility index (Phi) is 5.57. The van der Waals surface area contributed by atoms with E-state index in [0.29, 0.717) is 12.8 Å². The maximum absolute atomic E-state index is 13.4. The number of urea groups is 1. The van der Waals surface area contributed by atoms with E-state index in [-0.39, 0.29) is 10.7 Å². The highest BCUT2D eigenvalue weighted by atomic mass is 35.5. The zero-order chi connectivity index (χ0) is 14.4. The van der Waals surface area contributed by atoms with Gasteiger partial charge in [-0.1, -0.05) is 24.9 Å². The lowest BCUT2D eigenvalue weighted by atomic mass is 10.2. The number of benzene rings is 1. The van der Waals surface area contributed by atoms with Gasteiger partial charge in [0.2, 0.25) is 0 Å². The molecule has 0 aliphatic rings. The number of amides is 2. The van der Waals surface area contributed by atoms with Gasteiger partial charge in [0.05, 0.1) is 5.69 Å². The quantitative estimate of drug-likeness (QED) is 0.779. The zero-order valence-electron chi connectivity index (χ0n) is 10.2. The second-order valence-corrected chi connectivity index (χ2v) is 4.34. The van der Waals surface area contributed by atoms with Gasteiger partial charge in [0, 0.05) is 5.02 Å². The van der Waals surface area contributed by atoms with E-state index in [1.54, 1.807) is 6.92 Å². The van der Waals surface area contributed by atoms with Crippen molar-refractivity contribution in [1.82, 2.24) is 5.32 Å². The highest BCUT2D eigenvalue weighted by Crippen LogP contribution is 2.19. The fourth-order valence-corrected chi connectivity index (χ4v) is 1.63. The van der Waals surface area contributed by atoms with Crippen molar-refractivity contribution in [2.75, 3.05) is 5.32 Å². The number of rotatable bonds is 5. The van der Waals surface area contributed by atoms with Crippen LogP contribution >= 0.6 is 11.6 Å². The fraction of sp³-hybridized carbons (Fsp3) is 0.333. The summed E-state index contributed by atoms with van der Waals surface area (Å²) in [6.07, 6.45) is 0.892. The van der Waals surface area contributed by atoms with Crippen LogP contribution in [0.25, 0.3) is 0 Å². The summed E-state index contributed by atoms with van der Waals surface area (Å²) in [6, 6.07) is 1.90. The first-order valence-electron chi connectivity index (χ1n) is 5.69. The largest absolute Gasteiger partial charge is 0.480 e. The Hall–Kier alpha value is -1.82. The molecule has 5 nitrogen and oxygen atoms in total. The first-order chi connectivity index (χ1) is 8.93. The Morgan fingerprint density at radius 3 is 2.74 bits per heavy atom. The van der Waals surface area contributed by atoms with E-state index < -0.39 is 23.9 Å². The first kappa shape index (κ1) is 15.2. The van der Waals surface area contributed by atoms with Crippen LogP contribution in [0.4, 0.5) is 14.9 Å². The molecule has 19 heavy (non-hydrogen) atoms. The molecule has 0 aromatic heterocycles. The number of anilines is 1. The molecule has 1 atom stereocenters. The summed E-state index contributed by atoms with van der Waals surface area (Å²) in [5.41, 5.74) is -0.106. The molecule has 3 N–H and O–H groups in total. The van der Waals surface area contributed by atoms with Crippen molar-refractivity contribution in [3.63, 3.8) is 0 Å². The van der Waals surface area contributed by atoms with Crippen LogP contribution in [0.2, 0.25) is 5.02 Å². The molecule has 0 heterocycles. The summed E-state index contributed by atoms with van der Waals surface area (Å²) < 4.78 is 13.4. The van der Waals surface area contributed by atoms with Gasteiger partial charge in [0.15, 0.2) is 0 Å². The van der Waals surface area contributed by atoms with Crippen LogP contribution in [0.1, 0.15) is 19.8 Å². The predicted molar refractivity (Wildman–Crippen MR) is 69.9 cm³/mol. The molecule has 0 saturated carbocycles. The highest BCUT2D eigenvalue weighted by Gasteiger charge is 2.19. The second kappa shape index (κ2) is 6.94. The molecule has 0 radical (unpaired) electrons. The molecule has 0 saturated heterocycles. The van der Waals surface area contributed by atoms with Gasteiger partial charge >= 0.3 is 12.0 Å². The minimum absolute atomic E-state index is 0.106. The molecule has 0 aliphatic heterocycles. The monoisotopic (exact) mass is 288 g/mol. The third kappa shape index (κ3) is 4.75. The van der Waals surface area contributed by atoms with Crippen molar-refractivity contribution in [2.45, 2.75) is 25.8 Å². The van der Waals surface area contributed by atoms with Gasteiger partial charge in [0.25, 0.3) is 0 Å². The molecule has 7 heteroatoms. The lowest BCUT2D eigenvalue weighted by Gasteiger charge is -2.14. The number of aliphatic carboxylic acids is 1. The maximum Gasteiger partial charge on any atom is 0.326 e. The van der Waals surface area contributed by atoms with Crippen molar-refractivity contribution in [3.8, 4) is 0 Å². The molecule has 0 spiro atoms. The molecule has 0 fully saturated rings. The van der Waals surface area contributed by atoms with E-state index in [0.717, 1.165) is 6.07 Å². The smallest absolute Gasteiger partial charge is 0.326 e. The summed E-state index contributed by atoms with van der Waals surface area (Å²) >= 11 is 5.67. The highest BCUT2D eigenvalue weighted by molar-refractivity contribution is 6.30. The second-order valence-electron chi connectivity index (χ2n) is 3.90. The summed E-state index contributed by atoms with van der Waals surface area (Å²) in [5, 5.41) is 13.6. The summed E-state index contributed by atoms with van der Waals surface area (Å²) in [6.45, 7) is 1.80. The minimum atomic E-state index is -1.14. The molecule has 1 aromatic rings. The predicted octanol–water partition coefficient (Wildman–Crippen LogP) is 2.85. The van der Waals surface area contributed by atoms with Crippen LogP contribution in [0.5, 0.6) is 0 Å². The standard InChI is InChI=1S/C12H14ClFN2O3/c1-2-3-9(11(17)18)15-12(19)16-10-6-7(13)4-5-8(10)14/h4-6,9H,2-3H2,1H3,(H,17,18)(H2,15,16,19)/t9-/m0/s1. The molecule has 1 rings (SSSR count). The number of carbonyl (C=O) groups is 2. The summed E-state index contributed by atoms with van der Waals surface area (Å²) in [4.78, 5) is 22.4. The van der Waals surface area contributed by atoms with Gasteiger partial charge in [-0.25, -0.2) is 14.0 Å². The third-order valence-corrected chi connectivity index (χ3v) is 2.59. The molecule has 2 amide bonds. The number of halogens is 2. The summed E-state index contributed by atoms with van der Waals surface area (Å²) in [5.74, 6) is -1.79. The molecule has 1 aromatic carbocycles. The van der Waals surface area contributed by atoms with Gasteiger partial charge in [-0.3, -0.25) is 0 Å². The van der Waals surface area contributed by atoms with E-state index in [2.05, 4.69) is 10.6 Å². The number of carboxylic acid groups (broad SMARTS) is 1. The number of hydrogen-bond acceptors (Lipinski definition) is 2. The van der Waals surface area contributed by atoms with E-state index in [1.807, 2.05) is 0 Å². The first-order valence-corrected chi connectivity index (χ1v) is 6.07. The van der Waals surface area contributed by atoms with Crippen molar-refractivity contribution in [2.24, 2.45) is 0 Å². The van der Waals surface area contributed by atoms with E-state index in [1.165, 1.54) is 12.1 Å². The maximum atomic E-state index is 13.4. The number of carbonyl (C=O) groups excluding carboxylic acids is 1. The number of carboxylic acids is 1. The lowest BCUT2D eigenvalue weighted by molar-refractivity contribution is -0.139. The van der Waals surface area contributed by atoms with Crippen molar-refractivity contribution >= 4 is 29.3 Å². The Morgan fingerprint density at radius 1 is 1.47 bits per heavy atom. The lowest BCUT2D eigenvalue weighted by Crippen LogP contribution is -2.43. The van der Waals surface area contributed by atoms with Gasteiger partial charge in [-0.2, -0.15) is 0 Å². The van der Waals surface area contributed by atoms with Crippen molar-refractivity contribution < 1.29 is 19.1 Å². The Labute approximate surface area is 114 Å². The molecular formula is C12H14ClFN2O3. The van der Waals surface area contributed by atoms with Crippen LogP contribution < -0.4 is 10.6 Å². The summed E-state index contributed by atoms with van der Waals surface area (Å²) in [7, 11) is 0. The van der Waals surface area contributed by atoms with E-state index in [4.69, 9.17) is 16.7 Å². The van der Waals surface area contributed by atoms with Crippen LogP contribution in [-0.2, 0) is 4.79 Å². The topological polar surface area (TPSA) is 78.4 Å². The third-order valence-electron chi connectivity index (χ3n) is 2.36. The van der Waals surface area contributed by atoms with Gasteiger partial charge < -0.3 is 15.7 Å². The number of hydrogen-bond donors (Lipinski definition) is 3. The average Bonchev–Trinajstić information content (AvgIpc) is 2.33. The van der Waals surface area contributed by atoms with Crippen LogP contribution in [0, 0.1) is 5.82 Å². The van der Waals surface area contributed by atoms with Crippen molar-refractivity contribution in [3.05, 3.63) is 29.0 Å². The Bertz CT molecular complexity index is 482. The minimum Gasteiger partial charge on any atom is -0.480 e. The molecule has 0 aliphatic carbocycles. The molecule has 0 bridgehead atoms. The van der Waals surface area contributed by atoms with Gasteiger partial charge in [0.1, 0.15) is 11.9 Å². The normalized spacial score (nSPS) is 11.7. The Morgan fingerprint density at radius 2 is 2.16 bits per heavy atom. The molecule has 104 valence electrons. The van der Waals surface area contributed by atoms with Crippen molar-refractivity contribution in [1.29, 1.82) is 0 Å². The van der Waals surface area contributed by atoms with Crippen LogP contribution in [-0.4, -0.2) is 23.1 Å². The zero-order valence-corrected chi connectivity index (χ0v) is 11.0. The van der Waals surface area contributed by atoms with E-state index >= 15 is 0 Å². The Balaban J connectivity index is 2.68. The molecular weight excluding hydrogens is 275 g/mol. The fourth-order valence-electron chi connectivity index (χ4n) is 1.46. The van der Waals surface area contributed by atoms with E-state index in [9.17, 15) is 14.0 Å². The SMILES string of the molecule is CCC[C@H](NC(=O)Nc1cc(Cl)ccc1F)C(=O)O. The van der Waals surface area contributed by atoms with Gasteiger partial charge in [-0.05, 0) is 24.6 Å².